The second-order valence-corrected chi connectivity index (χ2v) is 3.90. The van der Waals surface area contributed by atoms with E-state index < -0.39 is 23.6 Å². The summed E-state index contributed by atoms with van der Waals surface area (Å²) in [6, 6.07) is 9.10. The molecular formula is C14H11F3O2. The molecule has 0 aromatic heterocycles. The van der Waals surface area contributed by atoms with Crippen molar-refractivity contribution in [2.75, 3.05) is 6.61 Å². The number of para-hydroxylation sites is 1. The normalized spacial score (nSPS) is 12.2. The molecular weight excluding hydrogens is 257 g/mol. The van der Waals surface area contributed by atoms with Crippen LogP contribution in [0.2, 0.25) is 0 Å². The van der Waals surface area contributed by atoms with E-state index in [-0.39, 0.29) is 17.9 Å². The van der Waals surface area contributed by atoms with E-state index in [4.69, 9.17) is 4.74 Å². The summed E-state index contributed by atoms with van der Waals surface area (Å²) in [5.74, 6) is -2.83. The molecule has 100 valence electrons. The predicted molar refractivity (Wildman–Crippen MR) is 63.2 cm³/mol. The second-order valence-electron chi connectivity index (χ2n) is 3.90. The SMILES string of the molecule is OC(COc1ccccc1F)c1cccc(F)c1F. The fourth-order valence-electron chi connectivity index (χ4n) is 1.60. The van der Waals surface area contributed by atoms with Gasteiger partial charge in [0, 0.05) is 5.56 Å². The molecule has 0 amide bonds. The first kappa shape index (κ1) is 13.4. The van der Waals surface area contributed by atoms with E-state index in [1.807, 2.05) is 0 Å². The minimum absolute atomic E-state index is 0.0571. The van der Waals surface area contributed by atoms with Crippen LogP contribution in [0.4, 0.5) is 13.2 Å². The van der Waals surface area contributed by atoms with Crippen LogP contribution in [-0.2, 0) is 0 Å². The monoisotopic (exact) mass is 268 g/mol. The van der Waals surface area contributed by atoms with Gasteiger partial charge in [-0.1, -0.05) is 24.3 Å². The van der Waals surface area contributed by atoms with Gasteiger partial charge in [-0.25, -0.2) is 13.2 Å². The van der Waals surface area contributed by atoms with E-state index in [1.54, 1.807) is 6.07 Å². The van der Waals surface area contributed by atoms with Gasteiger partial charge in [-0.15, -0.1) is 0 Å². The second kappa shape index (κ2) is 5.75. The van der Waals surface area contributed by atoms with Gasteiger partial charge in [0.25, 0.3) is 0 Å². The summed E-state index contributed by atoms with van der Waals surface area (Å²) in [7, 11) is 0. The van der Waals surface area contributed by atoms with Crippen molar-refractivity contribution < 1.29 is 23.0 Å². The first-order chi connectivity index (χ1) is 9.09. The van der Waals surface area contributed by atoms with Gasteiger partial charge < -0.3 is 9.84 Å². The topological polar surface area (TPSA) is 29.5 Å². The number of halogens is 3. The van der Waals surface area contributed by atoms with E-state index >= 15 is 0 Å². The van der Waals surface area contributed by atoms with E-state index in [0.717, 1.165) is 6.07 Å². The third kappa shape index (κ3) is 3.06. The number of aliphatic hydroxyl groups is 1. The van der Waals surface area contributed by atoms with Crippen LogP contribution in [0.3, 0.4) is 0 Å². The van der Waals surface area contributed by atoms with Gasteiger partial charge in [0.15, 0.2) is 23.2 Å². The number of ether oxygens (including phenoxy) is 1. The van der Waals surface area contributed by atoms with Gasteiger partial charge in [0.05, 0.1) is 0 Å². The first-order valence-corrected chi connectivity index (χ1v) is 5.59. The lowest BCUT2D eigenvalue weighted by molar-refractivity contribution is 0.102. The van der Waals surface area contributed by atoms with E-state index in [2.05, 4.69) is 0 Å². The highest BCUT2D eigenvalue weighted by atomic mass is 19.2. The molecule has 0 spiro atoms. The molecule has 2 nitrogen and oxygen atoms in total. The van der Waals surface area contributed by atoms with Crippen LogP contribution in [-0.4, -0.2) is 11.7 Å². The third-order valence-corrected chi connectivity index (χ3v) is 2.57. The maximum absolute atomic E-state index is 13.4. The Hall–Kier alpha value is -2.01. The Morgan fingerprint density at radius 2 is 1.63 bits per heavy atom. The molecule has 0 saturated carbocycles. The zero-order chi connectivity index (χ0) is 13.8. The summed E-state index contributed by atoms with van der Waals surface area (Å²) in [5, 5.41) is 9.72. The van der Waals surface area contributed by atoms with Gasteiger partial charge in [0.2, 0.25) is 0 Å². The Morgan fingerprint density at radius 3 is 2.37 bits per heavy atom. The average molecular weight is 268 g/mol. The Balaban J connectivity index is 2.08. The molecule has 0 bridgehead atoms. The lowest BCUT2D eigenvalue weighted by Gasteiger charge is -2.14. The highest BCUT2D eigenvalue weighted by Crippen LogP contribution is 2.22. The average Bonchev–Trinajstić information content (AvgIpc) is 2.40. The van der Waals surface area contributed by atoms with Crippen molar-refractivity contribution in [2.24, 2.45) is 0 Å². The molecule has 2 aromatic rings. The van der Waals surface area contributed by atoms with Crippen molar-refractivity contribution in [2.45, 2.75) is 6.10 Å². The smallest absolute Gasteiger partial charge is 0.165 e. The van der Waals surface area contributed by atoms with Crippen LogP contribution >= 0.6 is 0 Å². The van der Waals surface area contributed by atoms with Crippen molar-refractivity contribution in [3.8, 4) is 5.75 Å². The first-order valence-electron chi connectivity index (χ1n) is 5.59. The van der Waals surface area contributed by atoms with Crippen LogP contribution in [0.5, 0.6) is 5.75 Å². The van der Waals surface area contributed by atoms with Gasteiger partial charge in [-0.05, 0) is 18.2 Å². The van der Waals surface area contributed by atoms with Crippen LogP contribution in [0, 0.1) is 17.5 Å². The summed E-state index contributed by atoms with van der Waals surface area (Å²) >= 11 is 0. The zero-order valence-electron chi connectivity index (χ0n) is 9.82. The third-order valence-electron chi connectivity index (χ3n) is 2.57. The molecule has 19 heavy (non-hydrogen) atoms. The summed E-state index contributed by atoms with van der Waals surface area (Å²) in [6.45, 7) is -0.374. The van der Waals surface area contributed by atoms with Crippen molar-refractivity contribution in [3.63, 3.8) is 0 Å². The molecule has 0 fully saturated rings. The number of benzene rings is 2. The Kier molecular flexibility index (Phi) is 4.06. The van der Waals surface area contributed by atoms with E-state index in [1.165, 1.54) is 30.3 Å². The van der Waals surface area contributed by atoms with Crippen molar-refractivity contribution in [1.82, 2.24) is 0 Å². The van der Waals surface area contributed by atoms with Gasteiger partial charge >= 0.3 is 0 Å². The lowest BCUT2D eigenvalue weighted by atomic mass is 10.1. The van der Waals surface area contributed by atoms with Crippen LogP contribution < -0.4 is 4.74 Å². The van der Waals surface area contributed by atoms with Crippen LogP contribution in [0.25, 0.3) is 0 Å². The minimum Gasteiger partial charge on any atom is -0.487 e. The quantitative estimate of drug-likeness (QED) is 0.922. The van der Waals surface area contributed by atoms with Crippen LogP contribution in [0.1, 0.15) is 11.7 Å². The number of hydrogen-bond donors (Lipinski definition) is 1. The van der Waals surface area contributed by atoms with Crippen molar-refractivity contribution >= 4 is 0 Å². The molecule has 1 atom stereocenters. The maximum atomic E-state index is 13.4. The van der Waals surface area contributed by atoms with Gasteiger partial charge in [0.1, 0.15) is 12.7 Å². The van der Waals surface area contributed by atoms with Crippen molar-refractivity contribution in [3.05, 3.63) is 65.5 Å². The molecule has 0 aliphatic heterocycles. The fourth-order valence-corrected chi connectivity index (χ4v) is 1.60. The Labute approximate surface area is 108 Å². The Bertz CT molecular complexity index is 572. The molecule has 2 aromatic carbocycles. The highest BCUT2D eigenvalue weighted by Gasteiger charge is 2.17. The summed E-state index contributed by atoms with van der Waals surface area (Å²) < 4.78 is 44.7. The molecule has 2 rings (SSSR count). The standard InChI is InChI=1S/C14H11F3O2/c15-10-5-1-2-7-13(10)19-8-12(18)9-4-3-6-11(16)14(9)17/h1-7,12,18H,8H2. The predicted octanol–water partition coefficient (Wildman–Crippen LogP) is 3.22. The molecule has 0 radical (unpaired) electrons. The fraction of sp³-hybridized carbons (Fsp3) is 0.143. The Morgan fingerprint density at radius 1 is 0.947 bits per heavy atom. The number of rotatable bonds is 4. The number of aliphatic hydroxyl groups excluding tert-OH is 1. The molecule has 5 heteroatoms. The largest absolute Gasteiger partial charge is 0.487 e. The van der Waals surface area contributed by atoms with Gasteiger partial charge in [-0.3, -0.25) is 0 Å². The molecule has 0 aliphatic rings. The number of hydrogen-bond acceptors (Lipinski definition) is 2. The molecule has 1 unspecified atom stereocenters. The van der Waals surface area contributed by atoms with Crippen LogP contribution in [0.15, 0.2) is 42.5 Å². The molecule has 0 aliphatic carbocycles. The molecule has 0 saturated heterocycles. The van der Waals surface area contributed by atoms with E-state index in [9.17, 15) is 18.3 Å². The zero-order valence-corrected chi connectivity index (χ0v) is 9.82. The molecule has 1 N–H and O–H groups in total. The maximum Gasteiger partial charge on any atom is 0.165 e. The summed E-state index contributed by atoms with van der Waals surface area (Å²) in [5.41, 5.74) is -0.226. The lowest BCUT2D eigenvalue weighted by Crippen LogP contribution is -2.12. The van der Waals surface area contributed by atoms with E-state index in [0.29, 0.717) is 0 Å². The van der Waals surface area contributed by atoms with Crippen molar-refractivity contribution in [1.29, 1.82) is 0 Å². The highest BCUT2D eigenvalue weighted by molar-refractivity contribution is 5.25. The summed E-state index contributed by atoms with van der Waals surface area (Å²) in [6.07, 6.45) is -1.38. The molecule has 0 heterocycles. The summed E-state index contributed by atoms with van der Waals surface area (Å²) in [4.78, 5) is 0. The van der Waals surface area contributed by atoms with Gasteiger partial charge in [-0.2, -0.15) is 0 Å². The minimum atomic E-state index is -1.38.